The number of rotatable bonds is 6. The van der Waals surface area contributed by atoms with Crippen LogP contribution >= 0.6 is 13.9 Å². The smallest absolute Gasteiger partial charge is 0.396 e. The lowest BCUT2D eigenvalue weighted by Gasteiger charge is -2.33. The van der Waals surface area contributed by atoms with Gasteiger partial charge in [0, 0.05) is 10.8 Å². The Bertz CT molecular complexity index is 372. The number of aliphatic hydroxyl groups is 1. The molecular formula is C10H21O5P2S2+. The Morgan fingerprint density at radius 2 is 1.89 bits per heavy atom. The molecule has 1 atom stereocenters. The topological polar surface area (TPSA) is 57.2 Å². The Labute approximate surface area is 125 Å². The lowest BCUT2D eigenvalue weighted by atomic mass is 9.97. The first-order valence-electron chi connectivity index (χ1n) is 5.87. The van der Waals surface area contributed by atoms with Crippen molar-refractivity contribution in [3.8, 4) is 0 Å². The van der Waals surface area contributed by atoms with Crippen LogP contribution in [0.5, 0.6) is 0 Å². The summed E-state index contributed by atoms with van der Waals surface area (Å²) in [5.74, 6) is 0. The molecule has 1 aliphatic heterocycles. The highest BCUT2D eigenvalue weighted by molar-refractivity contribution is 8.11. The number of hydrogen-bond donors (Lipinski definition) is 1. The quantitative estimate of drug-likeness (QED) is 0.741. The normalized spacial score (nSPS) is 23.1. The van der Waals surface area contributed by atoms with Gasteiger partial charge in [-0.1, -0.05) is 32.0 Å². The second-order valence-corrected chi connectivity index (χ2v) is 11.1. The molecule has 0 bridgehead atoms. The van der Waals surface area contributed by atoms with E-state index in [0.29, 0.717) is 19.8 Å². The van der Waals surface area contributed by atoms with Crippen LogP contribution in [-0.4, -0.2) is 31.5 Å². The Morgan fingerprint density at radius 3 is 2.37 bits per heavy atom. The largest absolute Gasteiger partial charge is 0.530 e. The lowest BCUT2D eigenvalue weighted by Crippen LogP contribution is -2.29. The summed E-state index contributed by atoms with van der Waals surface area (Å²) in [6.45, 7) is 6.34. The fraction of sp³-hybridized carbons (Fsp3) is 1.00. The van der Waals surface area contributed by atoms with Crippen LogP contribution in [0.1, 0.15) is 27.7 Å². The van der Waals surface area contributed by atoms with Crippen molar-refractivity contribution in [2.45, 2.75) is 27.7 Å². The van der Waals surface area contributed by atoms with Gasteiger partial charge in [0.15, 0.2) is 0 Å². The molecule has 0 aromatic rings. The third-order valence-corrected chi connectivity index (χ3v) is 7.09. The maximum atomic E-state index is 9.13. The highest BCUT2D eigenvalue weighted by Crippen LogP contribution is 2.60. The van der Waals surface area contributed by atoms with Crippen molar-refractivity contribution in [2.75, 3.05) is 26.4 Å². The molecule has 9 heteroatoms. The van der Waals surface area contributed by atoms with Gasteiger partial charge in [0.25, 0.3) is 0 Å². The van der Waals surface area contributed by atoms with Gasteiger partial charge in [-0.25, -0.2) is 0 Å². The second-order valence-electron chi connectivity index (χ2n) is 6.06. The summed E-state index contributed by atoms with van der Waals surface area (Å²) in [7, 11) is -1.59. The van der Waals surface area contributed by atoms with E-state index in [1.165, 1.54) is 0 Å². The Balaban J connectivity index is 2.43. The van der Waals surface area contributed by atoms with Gasteiger partial charge in [0.2, 0.25) is 11.8 Å². The molecule has 0 saturated carbocycles. The lowest BCUT2D eigenvalue weighted by molar-refractivity contribution is 0.0395. The van der Waals surface area contributed by atoms with Gasteiger partial charge < -0.3 is 14.2 Å². The van der Waals surface area contributed by atoms with E-state index < -0.39 is 13.9 Å². The molecule has 0 aromatic heterocycles. The van der Waals surface area contributed by atoms with Crippen molar-refractivity contribution in [1.82, 2.24) is 0 Å². The van der Waals surface area contributed by atoms with E-state index in [-0.39, 0.29) is 17.4 Å². The third-order valence-electron chi connectivity index (χ3n) is 2.38. The van der Waals surface area contributed by atoms with Crippen LogP contribution in [0.3, 0.4) is 0 Å². The minimum Gasteiger partial charge on any atom is -0.396 e. The van der Waals surface area contributed by atoms with Crippen LogP contribution in [0, 0.1) is 10.8 Å². The fourth-order valence-corrected chi connectivity index (χ4v) is 5.96. The highest BCUT2D eigenvalue weighted by atomic mass is 32.5. The summed E-state index contributed by atoms with van der Waals surface area (Å²) < 4.78 is 21.9. The van der Waals surface area contributed by atoms with Gasteiger partial charge in [-0.05, 0) is 11.8 Å². The van der Waals surface area contributed by atoms with Gasteiger partial charge >= 0.3 is 13.9 Å². The van der Waals surface area contributed by atoms with Crippen molar-refractivity contribution in [3.05, 3.63) is 0 Å². The summed E-state index contributed by atoms with van der Waals surface area (Å²) in [6, 6.07) is 0. The van der Waals surface area contributed by atoms with Gasteiger partial charge in [0.05, 0.1) is 19.8 Å². The Morgan fingerprint density at radius 1 is 1.37 bits per heavy atom. The molecule has 0 spiro atoms. The minimum absolute atomic E-state index is 0.0147. The first-order valence-corrected chi connectivity index (χ1v) is 10.6. The van der Waals surface area contributed by atoms with Gasteiger partial charge in [0.1, 0.15) is 6.61 Å². The average Bonchev–Trinajstić information content (AvgIpc) is 2.32. The van der Waals surface area contributed by atoms with E-state index in [0.717, 1.165) is 0 Å². The predicted octanol–water partition coefficient (Wildman–Crippen LogP) is 3.11. The third kappa shape index (κ3) is 6.51. The molecule has 19 heavy (non-hydrogen) atoms. The van der Waals surface area contributed by atoms with Crippen LogP contribution in [0.4, 0.5) is 0 Å². The molecular weight excluding hydrogens is 326 g/mol. The summed E-state index contributed by atoms with van der Waals surface area (Å²) >= 11 is 10.3. The van der Waals surface area contributed by atoms with Crippen LogP contribution in [0.2, 0.25) is 0 Å². The highest BCUT2D eigenvalue weighted by Gasteiger charge is 2.40. The van der Waals surface area contributed by atoms with Crippen LogP contribution in [0.15, 0.2) is 0 Å². The molecule has 5 nitrogen and oxygen atoms in total. The van der Waals surface area contributed by atoms with Crippen molar-refractivity contribution in [1.29, 1.82) is 0 Å². The number of aliphatic hydroxyl groups excluding tert-OH is 1. The molecule has 1 rings (SSSR count). The fourth-order valence-electron chi connectivity index (χ4n) is 1.01. The minimum atomic E-state index is -2.77. The van der Waals surface area contributed by atoms with Crippen LogP contribution in [0.25, 0.3) is 0 Å². The van der Waals surface area contributed by atoms with E-state index >= 15 is 0 Å². The van der Waals surface area contributed by atoms with E-state index in [1.807, 2.05) is 27.7 Å². The molecule has 1 fully saturated rings. The standard InChI is InChI=1S/C10H21O5P2S2/c1-9(2,5-11)6-12-16(18)15-17(19)13-7-10(3,4)8-14-17/h11H,5-8H2,1-4H3/q+1. The number of hydrogen-bond acceptors (Lipinski definition) is 7. The first-order chi connectivity index (χ1) is 8.58. The molecule has 0 aliphatic carbocycles. The zero-order valence-electron chi connectivity index (χ0n) is 11.6. The molecule has 1 saturated heterocycles. The molecule has 1 unspecified atom stereocenters. The molecule has 1 aliphatic rings. The zero-order chi connectivity index (χ0) is 14.7. The summed E-state index contributed by atoms with van der Waals surface area (Å²) in [6.07, 6.45) is 0. The van der Waals surface area contributed by atoms with Crippen LogP contribution in [-0.2, 0) is 41.5 Å². The van der Waals surface area contributed by atoms with E-state index in [4.69, 9.17) is 46.6 Å². The Hall–Kier alpha value is 0.970. The monoisotopic (exact) mass is 347 g/mol. The van der Waals surface area contributed by atoms with Crippen molar-refractivity contribution < 1.29 is 23.0 Å². The van der Waals surface area contributed by atoms with Gasteiger partial charge in [-0.3, -0.25) is 0 Å². The summed E-state index contributed by atoms with van der Waals surface area (Å²) in [5, 5.41) is 9.13. The van der Waals surface area contributed by atoms with Gasteiger partial charge in [-0.15, -0.1) is 4.52 Å². The predicted molar refractivity (Wildman–Crippen MR) is 82.2 cm³/mol. The van der Waals surface area contributed by atoms with Crippen LogP contribution < -0.4 is 0 Å². The molecule has 0 aromatic carbocycles. The molecule has 1 heterocycles. The van der Waals surface area contributed by atoms with Gasteiger partial charge in [-0.2, -0.15) is 0 Å². The molecule has 112 valence electrons. The van der Waals surface area contributed by atoms with Crippen molar-refractivity contribution in [2.24, 2.45) is 10.8 Å². The molecule has 1 N–H and O–H groups in total. The van der Waals surface area contributed by atoms with E-state index in [9.17, 15) is 0 Å². The average molecular weight is 347 g/mol. The first kappa shape index (κ1) is 18.0. The van der Waals surface area contributed by atoms with Crippen molar-refractivity contribution in [3.63, 3.8) is 0 Å². The zero-order valence-corrected chi connectivity index (χ0v) is 15.0. The summed E-state index contributed by atoms with van der Waals surface area (Å²) in [5.41, 5.74) is -0.415. The molecule has 0 radical (unpaired) electrons. The maximum Gasteiger partial charge on any atom is 0.530 e. The maximum absolute atomic E-state index is 9.13. The summed E-state index contributed by atoms with van der Waals surface area (Å²) in [4.78, 5) is 0. The second kappa shape index (κ2) is 6.82. The Kier molecular flexibility index (Phi) is 6.47. The SMILES string of the molecule is CC(C)(CO)CO[P+](=S)OP1(=S)OCC(C)(C)CO1. The van der Waals surface area contributed by atoms with E-state index in [2.05, 4.69) is 0 Å². The molecule has 0 amide bonds. The van der Waals surface area contributed by atoms with E-state index in [1.54, 1.807) is 0 Å². The van der Waals surface area contributed by atoms with Crippen molar-refractivity contribution >= 4 is 37.5 Å².